The van der Waals surface area contributed by atoms with Crippen molar-refractivity contribution in [1.82, 2.24) is 0 Å². The summed E-state index contributed by atoms with van der Waals surface area (Å²) in [6.45, 7) is 4.70. The lowest BCUT2D eigenvalue weighted by Gasteiger charge is -2.25. The summed E-state index contributed by atoms with van der Waals surface area (Å²) in [5.41, 5.74) is 0. The first-order chi connectivity index (χ1) is 38.6. The molecule has 0 aromatic rings. The third-order valence-electron chi connectivity index (χ3n) is 12.9. The summed E-state index contributed by atoms with van der Waals surface area (Å²) in [4.78, 5) is 37.5. The van der Waals surface area contributed by atoms with Crippen LogP contribution in [0.25, 0.3) is 0 Å². The summed E-state index contributed by atoms with van der Waals surface area (Å²) in [7, 11) is 5.95. The van der Waals surface area contributed by atoms with Crippen molar-refractivity contribution >= 4 is 17.9 Å². The third kappa shape index (κ3) is 60.9. The molecule has 448 valence electrons. The van der Waals surface area contributed by atoms with Crippen molar-refractivity contribution in [3.63, 3.8) is 0 Å². The first kappa shape index (κ1) is 74.4. The molecule has 0 heterocycles. The second kappa shape index (κ2) is 59.5. The van der Waals surface area contributed by atoms with Crippen LogP contribution in [0.3, 0.4) is 0 Å². The van der Waals surface area contributed by atoms with Crippen LogP contribution in [0.1, 0.15) is 232 Å². The van der Waals surface area contributed by atoms with Crippen LogP contribution in [0.15, 0.2) is 134 Å². The lowest BCUT2D eigenvalue weighted by Crippen LogP contribution is -2.40. The predicted molar refractivity (Wildman–Crippen MR) is 336 cm³/mol. The van der Waals surface area contributed by atoms with Crippen molar-refractivity contribution in [2.24, 2.45) is 0 Å². The van der Waals surface area contributed by atoms with Crippen molar-refractivity contribution in [2.75, 3.05) is 47.5 Å². The first-order valence-electron chi connectivity index (χ1n) is 31.3. The van der Waals surface area contributed by atoms with Crippen LogP contribution in [-0.4, -0.2) is 87.4 Å². The zero-order chi connectivity index (χ0) is 57.6. The molecule has 9 nitrogen and oxygen atoms in total. The quantitative estimate of drug-likeness (QED) is 0.0211. The van der Waals surface area contributed by atoms with E-state index in [0.717, 1.165) is 103 Å². The van der Waals surface area contributed by atoms with E-state index in [9.17, 15) is 19.5 Å². The lowest BCUT2D eigenvalue weighted by molar-refractivity contribution is -0.870. The van der Waals surface area contributed by atoms with E-state index in [4.69, 9.17) is 18.9 Å². The minimum Gasteiger partial charge on any atom is -0.477 e. The maximum Gasteiger partial charge on any atom is 0.361 e. The first-order valence-corrected chi connectivity index (χ1v) is 31.3. The molecule has 0 bridgehead atoms. The maximum atomic E-state index is 12.9. The molecule has 0 fully saturated rings. The molecule has 9 heteroatoms. The van der Waals surface area contributed by atoms with Gasteiger partial charge in [-0.2, -0.15) is 0 Å². The van der Waals surface area contributed by atoms with Gasteiger partial charge in [0.1, 0.15) is 13.2 Å². The summed E-state index contributed by atoms with van der Waals surface area (Å²) in [5, 5.41) is 9.72. The highest BCUT2D eigenvalue weighted by Crippen LogP contribution is 2.15. The zero-order valence-electron chi connectivity index (χ0n) is 51.0. The van der Waals surface area contributed by atoms with Crippen LogP contribution in [0.4, 0.5) is 0 Å². The number of carboxylic acid groups (broad SMARTS) is 1. The number of hydrogen-bond acceptors (Lipinski definition) is 7. The maximum absolute atomic E-state index is 12.9. The third-order valence-corrected chi connectivity index (χ3v) is 12.9. The number of carbonyl (C=O) groups is 3. The molecular formula is C70H116NO8+. The van der Waals surface area contributed by atoms with E-state index >= 15 is 0 Å². The van der Waals surface area contributed by atoms with Crippen molar-refractivity contribution < 1.29 is 42.9 Å². The summed E-state index contributed by atoms with van der Waals surface area (Å²) >= 11 is 0. The summed E-state index contributed by atoms with van der Waals surface area (Å²) in [6, 6.07) is 0. The van der Waals surface area contributed by atoms with Gasteiger partial charge in [0, 0.05) is 12.8 Å². The Labute approximate surface area is 484 Å². The van der Waals surface area contributed by atoms with Crippen LogP contribution < -0.4 is 0 Å². The number of hydrogen-bond donors (Lipinski definition) is 1. The average molecular weight is 1100 g/mol. The molecule has 0 spiro atoms. The smallest absolute Gasteiger partial charge is 0.361 e. The van der Waals surface area contributed by atoms with Gasteiger partial charge in [0.25, 0.3) is 6.29 Å². The van der Waals surface area contributed by atoms with Gasteiger partial charge < -0.3 is 28.5 Å². The number of aliphatic carboxylic acids is 1. The van der Waals surface area contributed by atoms with Crippen LogP contribution >= 0.6 is 0 Å². The predicted octanol–water partition coefficient (Wildman–Crippen LogP) is 19.0. The lowest BCUT2D eigenvalue weighted by atomic mass is 10.0. The molecule has 0 saturated carbocycles. The van der Waals surface area contributed by atoms with Gasteiger partial charge in [-0.3, -0.25) is 9.59 Å². The Hall–Kier alpha value is -4.57. The molecule has 0 amide bonds. The van der Waals surface area contributed by atoms with Gasteiger partial charge in [0.2, 0.25) is 0 Å². The van der Waals surface area contributed by atoms with Crippen molar-refractivity contribution in [1.29, 1.82) is 0 Å². The highest BCUT2D eigenvalue weighted by molar-refractivity contribution is 5.71. The number of carbonyl (C=O) groups excluding carboxylic acids is 2. The molecule has 0 rings (SSSR count). The van der Waals surface area contributed by atoms with Crippen molar-refractivity contribution in [3.8, 4) is 0 Å². The number of esters is 2. The summed E-state index contributed by atoms with van der Waals surface area (Å²) in [5.74, 6) is -2.07. The molecule has 0 aliphatic rings. The van der Waals surface area contributed by atoms with E-state index in [-0.39, 0.29) is 38.6 Å². The molecule has 0 aliphatic carbocycles. The van der Waals surface area contributed by atoms with Gasteiger partial charge >= 0.3 is 17.9 Å². The molecular weight excluding hydrogens is 983 g/mol. The fourth-order valence-electron chi connectivity index (χ4n) is 8.09. The second-order valence-electron chi connectivity index (χ2n) is 21.6. The van der Waals surface area contributed by atoms with Gasteiger partial charge in [-0.05, 0) is 116 Å². The topological polar surface area (TPSA) is 108 Å². The summed E-state index contributed by atoms with van der Waals surface area (Å²) in [6.07, 6.45) is 82.5. The molecule has 0 radical (unpaired) electrons. The molecule has 0 aromatic carbocycles. The van der Waals surface area contributed by atoms with Gasteiger partial charge in [-0.25, -0.2) is 4.79 Å². The zero-order valence-corrected chi connectivity index (χ0v) is 51.0. The number of rotatable bonds is 56. The fraction of sp³-hybridized carbons (Fsp3) is 0.643. The largest absolute Gasteiger partial charge is 0.477 e. The SMILES string of the molecule is CC/C=C\C/C=C\C/C=C\C/C=C\C/C=C\C/C=C\C/C=C\C/C=C\C/C=C\CCCCCC(=O)OC(COC(=O)CCCCCCCCCCCCC/C=C\C/C=C\CCCCCCC)COC(OCC[N+](C)(C)C)C(=O)O. The normalized spacial score (nSPS) is 13.7. The Morgan fingerprint density at radius 2 is 0.722 bits per heavy atom. The van der Waals surface area contributed by atoms with Crippen molar-refractivity contribution in [2.45, 2.75) is 245 Å². The van der Waals surface area contributed by atoms with Gasteiger partial charge in [-0.1, -0.05) is 237 Å². The second-order valence-corrected chi connectivity index (χ2v) is 21.6. The molecule has 1 N–H and O–H groups in total. The average Bonchev–Trinajstić information content (AvgIpc) is 3.42. The number of likely N-dealkylation sites (N-methyl/N-ethyl adjacent to an activating group) is 1. The van der Waals surface area contributed by atoms with Crippen LogP contribution in [0, 0.1) is 0 Å². The standard InChI is InChI=1S/C70H115NO8/c1-6-8-10-12-14-16-18-20-22-24-26-28-30-31-32-33-34-35-36-37-39-41-43-45-47-49-51-53-55-57-59-61-68(73)79-66(65-78-70(69(74)75)76-63-62-71(3,4)5)64-77-67(72)60-58-56-54-52-50-48-46-44-42-40-38-29-27-25-23-21-19-17-15-13-11-9-7-2/h8,10,14,16,19-22,25-28,31-32,34-35,37,39,43,45,49,51,66,70H,6-7,9,11-13,15,17-18,23-24,29-30,33,36,38,40-42,44,46-48,50,52-65H2,1-5H3/p+1/b10-8-,16-14-,21-19-,22-20-,27-25-,28-26-,32-31-,35-34-,39-37-,45-43-,51-49-. The van der Waals surface area contributed by atoms with E-state index in [2.05, 4.69) is 148 Å². The van der Waals surface area contributed by atoms with E-state index in [0.29, 0.717) is 17.4 Å². The molecule has 2 unspecified atom stereocenters. The van der Waals surface area contributed by atoms with Gasteiger partial charge in [0.05, 0.1) is 34.4 Å². The highest BCUT2D eigenvalue weighted by atomic mass is 16.7. The Morgan fingerprint density at radius 3 is 1.09 bits per heavy atom. The van der Waals surface area contributed by atoms with E-state index in [1.54, 1.807) is 0 Å². The Morgan fingerprint density at radius 1 is 0.392 bits per heavy atom. The van der Waals surface area contributed by atoms with E-state index in [1.807, 2.05) is 21.1 Å². The minimum absolute atomic E-state index is 0.173. The number of nitrogens with zero attached hydrogens (tertiary/aromatic N) is 1. The van der Waals surface area contributed by atoms with Crippen LogP contribution in [-0.2, 0) is 33.3 Å². The fourth-order valence-corrected chi connectivity index (χ4v) is 8.09. The monoisotopic (exact) mass is 1100 g/mol. The van der Waals surface area contributed by atoms with E-state index in [1.165, 1.54) is 96.3 Å². The summed E-state index contributed by atoms with van der Waals surface area (Å²) < 4.78 is 22.9. The van der Waals surface area contributed by atoms with Crippen LogP contribution in [0.2, 0.25) is 0 Å². The minimum atomic E-state index is -1.53. The van der Waals surface area contributed by atoms with Crippen LogP contribution in [0.5, 0.6) is 0 Å². The Kier molecular flexibility index (Phi) is 56.1. The molecule has 0 aliphatic heterocycles. The molecule has 0 aromatic heterocycles. The number of allylic oxidation sites excluding steroid dienone is 22. The van der Waals surface area contributed by atoms with Crippen molar-refractivity contribution in [3.05, 3.63) is 134 Å². The number of unbranched alkanes of at least 4 members (excludes halogenated alkanes) is 19. The number of quaternary nitrogens is 1. The Bertz CT molecular complexity index is 1750. The van der Waals surface area contributed by atoms with E-state index < -0.39 is 24.3 Å². The Balaban J connectivity index is 4.33. The van der Waals surface area contributed by atoms with Gasteiger partial charge in [0.15, 0.2) is 6.10 Å². The van der Waals surface area contributed by atoms with Gasteiger partial charge in [-0.15, -0.1) is 0 Å². The molecule has 79 heavy (non-hydrogen) atoms. The number of carboxylic acids is 1. The molecule has 0 saturated heterocycles. The molecule has 2 atom stereocenters. The number of ether oxygens (including phenoxy) is 4. The highest BCUT2D eigenvalue weighted by Gasteiger charge is 2.25.